The molecule has 2 aliphatic rings. The van der Waals surface area contributed by atoms with E-state index in [0.29, 0.717) is 49.8 Å². The number of benzene rings is 1. The highest BCUT2D eigenvalue weighted by Gasteiger charge is 2.23. The van der Waals surface area contributed by atoms with Gasteiger partial charge in [-0.1, -0.05) is 5.92 Å². The summed E-state index contributed by atoms with van der Waals surface area (Å²) in [6, 6.07) is 3.52. The van der Waals surface area contributed by atoms with E-state index in [1.807, 2.05) is 0 Å². The second-order valence-corrected chi connectivity index (χ2v) is 6.33. The van der Waals surface area contributed by atoms with Crippen LogP contribution in [0.2, 0.25) is 0 Å². The van der Waals surface area contributed by atoms with Crippen LogP contribution >= 0.6 is 12.4 Å². The van der Waals surface area contributed by atoms with Gasteiger partial charge in [-0.05, 0) is 18.6 Å². The molecule has 0 aromatic heterocycles. The minimum absolute atomic E-state index is 0. The molecule has 1 fully saturated rings. The quantitative estimate of drug-likeness (QED) is 0.671. The van der Waals surface area contributed by atoms with Gasteiger partial charge >= 0.3 is 0 Å². The molecule has 0 aliphatic carbocycles. The highest BCUT2D eigenvalue weighted by Crippen LogP contribution is 2.38. The van der Waals surface area contributed by atoms with Crippen LogP contribution in [-0.4, -0.2) is 68.1 Å². The summed E-state index contributed by atoms with van der Waals surface area (Å²) in [4.78, 5) is 13.9. The molecule has 8 heteroatoms. The minimum atomic E-state index is -0.598. The fourth-order valence-corrected chi connectivity index (χ4v) is 3.13. The van der Waals surface area contributed by atoms with Crippen LogP contribution in [-0.2, 0) is 16.0 Å². The third kappa shape index (κ3) is 5.75. The highest BCUT2D eigenvalue weighted by atomic mass is 35.5. The lowest BCUT2D eigenvalue weighted by Crippen LogP contribution is -2.42. The van der Waals surface area contributed by atoms with Crippen molar-refractivity contribution < 1.29 is 24.1 Å². The Morgan fingerprint density at radius 2 is 2.00 bits per heavy atom. The van der Waals surface area contributed by atoms with E-state index in [4.69, 9.17) is 20.6 Å². The van der Waals surface area contributed by atoms with Crippen LogP contribution < -0.4 is 14.8 Å². The van der Waals surface area contributed by atoms with Gasteiger partial charge in [-0.3, -0.25) is 9.69 Å². The predicted molar refractivity (Wildman–Crippen MR) is 104 cm³/mol. The molecule has 1 atom stereocenters. The van der Waals surface area contributed by atoms with Crippen molar-refractivity contribution in [1.29, 1.82) is 0 Å². The Morgan fingerprint density at radius 1 is 1.26 bits per heavy atom. The van der Waals surface area contributed by atoms with Crippen molar-refractivity contribution in [2.75, 3.05) is 51.4 Å². The average Bonchev–Trinajstić information content (AvgIpc) is 2.65. The molecule has 7 nitrogen and oxygen atoms in total. The van der Waals surface area contributed by atoms with E-state index in [1.54, 1.807) is 12.1 Å². The zero-order chi connectivity index (χ0) is 18.4. The molecule has 0 saturated carbocycles. The Morgan fingerprint density at radius 3 is 2.74 bits per heavy atom. The van der Waals surface area contributed by atoms with Crippen LogP contribution in [0, 0.1) is 12.3 Å². The molecule has 2 aliphatic heterocycles. The minimum Gasteiger partial charge on any atom is -0.490 e. The number of aliphatic hydroxyl groups excluding tert-OH is 1. The Bertz CT molecular complexity index is 685. The summed E-state index contributed by atoms with van der Waals surface area (Å²) in [6.45, 7) is 3.88. The van der Waals surface area contributed by atoms with Crippen molar-refractivity contribution in [3.05, 3.63) is 17.7 Å². The number of amides is 1. The molecule has 1 aromatic carbocycles. The third-order valence-electron chi connectivity index (χ3n) is 4.41. The molecular weight excluding hydrogens is 372 g/mol. The van der Waals surface area contributed by atoms with E-state index >= 15 is 0 Å². The molecule has 1 unspecified atom stereocenters. The summed E-state index contributed by atoms with van der Waals surface area (Å²) in [7, 11) is 0. The first kappa shape index (κ1) is 21.3. The van der Waals surface area contributed by atoms with Crippen LogP contribution in [0.5, 0.6) is 11.5 Å². The van der Waals surface area contributed by atoms with Crippen LogP contribution in [0.25, 0.3) is 0 Å². The molecule has 1 amide bonds. The second-order valence-electron chi connectivity index (χ2n) is 6.33. The summed E-state index contributed by atoms with van der Waals surface area (Å²) >= 11 is 0. The van der Waals surface area contributed by atoms with Gasteiger partial charge < -0.3 is 24.6 Å². The smallest absolute Gasteiger partial charge is 0.224 e. The van der Waals surface area contributed by atoms with Gasteiger partial charge in [0.25, 0.3) is 0 Å². The lowest BCUT2D eigenvalue weighted by atomic mass is 10.0. The van der Waals surface area contributed by atoms with E-state index in [-0.39, 0.29) is 31.5 Å². The summed E-state index contributed by atoms with van der Waals surface area (Å²) in [5.41, 5.74) is 1.48. The normalized spacial score (nSPS) is 17.7. The number of morpholine rings is 1. The number of terminal acetylenes is 1. The predicted octanol–water partition coefficient (Wildman–Crippen LogP) is 1.08. The first-order chi connectivity index (χ1) is 12.7. The molecule has 0 bridgehead atoms. The van der Waals surface area contributed by atoms with Crippen molar-refractivity contribution in [2.45, 2.75) is 18.9 Å². The number of nitrogens with one attached hydrogen (secondary N) is 1. The van der Waals surface area contributed by atoms with Gasteiger partial charge in [-0.2, -0.15) is 0 Å². The Hall–Kier alpha value is -1.98. The third-order valence-corrected chi connectivity index (χ3v) is 4.41. The summed E-state index contributed by atoms with van der Waals surface area (Å²) in [6.07, 6.45) is 5.59. The standard InChI is InChI=1S/C19H24N2O5.ClH/c1-2-9-25-17-5-4-16(15-3-6-18(23)20-19(15)17)26-13-14(22)12-21-7-10-24-11-8-21;/h1,4-5,14,22H,3,6-13H2,(H,20,23);1H. The fraction of sp³-hybridized carbons (Fsp3) is 0.526. The summed E-state index contributed by atoms with van der Waals surface area (Å²) in [5.74, 6) is 3.53. The first-order valence-electron chi connectivity index (χ1n) is 8.80. The number of β-amino-alcohol motifs (C(OH)–C–C–N with tert-alkyl or cyclic N) is 1. The van der Waals surface area contributed by atoms with Crippen molar-refractivity contribution in [1.82, 2.24) is 4.90 Å². The number of anilines is 1. The molecule has 2 heterocycles. The van der Waals surface area contributed by atoms with E-state index in [2.05, 4.69) is 16.1 Å². The fourth-order valence-electron chi connectivity index (χ4n) is 3.13. The number of carbonyl (C=O) groups is 1. The van der Waals surface area contributed by atoms with Crippen molar-refractivity contribution in [3.8, 4) is 23.8 Å². The summed E-state index contributed by atoms with van der Waals surface area (Å²) < 4.78 is 16.7. The van der Waals surface area contributed by atoms with E-state index < -0.39 is 6.10 Å². The Balaban J connectivity index is 0.00000261. The van der Waals surface area contributed by atoms with E-state index in [0.717, 1.165) is 18.7 Å². The molecule has 0 radical (unpaired) electrons. The topological polar surface area (TPSA) is 80.3 Å². The van der Waals surface area contributed by atoms with Gasteiger partial charge in [-0.25, -0.2) is 0 Å². The molecule has 0 spiro atoms. The SMILES string of the molecule is C#CCOc1ccc(OCC(O)CN2CCOCC2)c2c1NC(=O)CC2.Cl. The Labute approximate surface area is 165 Å². The maximum absolute atomic E-state index is 11.7. The second kappa shape index (κ2) is 10.4. The van der Waals surface area contributed by atoms with Crippen molar-refractivity contribution in [3.63, 3.8) is 0 Å². The van der Waals surface area contributed by atoms with Gasteiger partial charge in [-0.15, -0.1) is 18.8 Å². The van der Waals surface area contributed by atoms with Crippen molar-refractivity contribution in [2.24, 2.45) is 0 Å². The summed E-state index contributed by atoms with van der Waals surface area (Å²) in [5, 5.41) is 13.1. The number of carbonyl (C=O) groups excluding carboxylic acids is 1. The maximum Gasteiger partial charge on any atom is 0.224 e. The first-order valence-corrected chi connectivity index (χ1v) is 8.80. The van der Waals surface area contributed by atoms with E-state index in [1.165, 1.54) is 0 Å². The number of rotatable bonds is 7. The zero-order valence-electron chi connectivity index (χ0n) is 15.1. The number of aliphatic hydroxyl groups is 1. The number of halogens is 1. The molecule has 1 saturated heterocycles. The van der Waals surface area contributed by atoms with Gasteiger partial charge in [0, 0.05) is 31.6 Å². The van der Waals surface area contributed by atoms with Gasteiger partial charge in [0.15, 0.2) is 0 Å². The van der Waals surface area contributed by atoms with Gasteiger partial charge in [0.2, 0.25) is 5.91 Å². The molecule has 1 aromatic rings. The number of fused-ring (bicyclic) bond motifs is 1. The largest absolute Gasteiger partial charge is 0.490 e. The van der Waals surface area contributed by atoms with Gasteiger partial charge in [0.05, 0.1) is 18.9 Å². The lowest BCUT2D eigenvalue weighted by Gasteiger charge is -2.29. The Kier molecular flexibility index (Phi) is 8.20. The van der Waals surface area contributed by atoms with Crippen LogP contribution in [0.4, 0.5) is 5.69 Å². The lowest BCUT2D eigenvalue weighted by molar-refractivity contribution is -0.116. The maximum atomic E-state index is 11.7. The number of hydrogen-bond acceptors (Lipinski definition) is 6. The highest BCUT2D eigenvalue weighted by molar-refractivity contribution is 5.96. The average molecular weight is 397 g/mol. The number of hydrogen-bond donors (Lipinski definition) is 2. The van der Waals surface area contributed by atoms with E-state index in [9.17, 15) is 9.90 Å². The monoisotopic (exact) mass is 396 g/mol. The molecule has 148 valence electrons. The zero-order valence-corrected chi connectivity index (χ0v) is 15.9. The molecule has 2 N–H and O–H groups in total. The van der Waals surface area contributed by atoms with Gasteiger partial charge in [0.1, 0.15) is 30.8 Å². The molecule has 3 rings (SSSR count). The molecular formula is C19H25ClN2O5. The van der Waals surface area contributed by atoms with Crippen LogP contribution in [0.15, 0.2) is 12.1 Å². The number of ether oxygens (including phenoxy) is 3. The molecule has 27 heavy (non-hydrogen) atoms. The van der Waals surface area contributed by atoms with Crippen LogP contribution in [0.1, 0.15) is 12.0 Å². The van der Waals surface area contributed by atoms with Crippen LogP contribution in [0.3, 0.4) is 0 Å². The number of nitrogens with zero attached hydrogens (tertiary/aromatic N) is 1. The van der Waals surface area contributed by atoms with Crippen molar-refractivity contribution >= 4 is 24.0 Å².